The fourth-order valence-corrected chi connectivity index (χ4v) is 3.50. The van der Waals surface area contributed by atoms with E-state index in [2.05, 4.69) is 15.5 Å². The van der Waals surface area contributed by atoms with Gasteiger partial charge in [-0.25, -0.2) is 9.20 Å². The largest absolute Gasteiger partial charge is 0.497 e. The Morgan fingerprint density at radius 1 is 1.12 bits per heavy atom. The predicted molar refractivity (Wildman–Crippen MR) is 123 cm³/mol. The number of aromatic nitrogens is 4. The van der Waals surface area contributed by atoms with Crippen molar-refractivity contribution < 1.29 is 14.3 Å². The minimum atomic E-state index is -0.397. The van der Waals surface area contributed by atoms with Crippen LogP contribution in [0, 0.1) is 0 Å². The molecule has 0 aliphatic carbocycles. The van der Waals surface area contributed by atoms with Crippen LogP contribution in [0.15, 0.2) is 65.7 Å². The van der Waals surface area contributed by atoms with Gasteiger partial charge < -0.3 is 14.8 Å². The highest BCUT2D eigenvalue weighted by atomic mass is 16.5. The van der Waals surface area contributed by atoms with E-state index >= 15 is 0 Å². The molecule has 0 radical (unpaired) electrons. The van der Waals surface area contributed by atoms with Gasteiger partial charge in [0.2, 0.25) is 5.91 Å². The SMILES string of the molecule is CCOc1ccc(-c2cc3c(=O)n(CC(=O)N[C@@H](C)c4cccc(OC)c4)ncn3n2)cc1. The third-order valence-electron chi connectivity index (χ3n) is 5.22. The molecule has 33 heavy (non-hydrogen) atoms. The maximum Gasteiger partial charge on any atom is 0.293 e. The van der Waals surface area contributed by atoms with E-state index in [4.69, 9.17) is 9.47 Å². The number of benzene rings is 2. The zero-order valence-electron chi connectivity index (χ0n) is 18.7. The first-order chi connectivity index (χ1) is 16.0. The number of methoxy groups -OCH3 is 1. The third-order valence-corrected chi connectivity index (χ3v) is 5.22. The Morgan fingerprint density at radius 3 is 2.64 bits per heavy atom. The van der Waals surface area contributed by atoms with Gasteiger partial charge in [-0.05, 0) is 61.9 Å². The van der Waals surface area contributed by atoms with Gasteiger partial charge in [-0.15, -0.1) is 0 Å². The molecule has 1 amide bonds. The lowest BCUT2D eigenvalue weighted by atomic mass is 10.1. The number of ether oxygens (including phenoxy) is 2. The summed E-state index contributed by atoms with van der Waals surface area (Å²) >= 11 is 0. The Balaban J connectivity index is 1.50. The van der Waals surface area contributed by atoms with Crippen LogP contribution in [0.25, 0.3) is 16.8 Å². The highest BCUT2D eigenvalue weighted by Crippen LogP contribution is 2.22. The molecule has 0 fully saturated rings. The second-order valence-corrected chi connectivity index (χ2v) is 7.48. The topological polar surface area (TPSA) is 99.8 Å². The van der Waals surface area contributed by atoms with Crippen LogP contribution in [0.3, 0.4) is 0 Å². The van der Waals surface area contributed by atoms with Gasteiger partial charge in [0.05, 0.1) is 25.5 Å². The van der Waals surface area contributed by atoms with Crippen molar-refractivity contribution in [2.24, 2.45) is 0 Å². The third kappa shape index (κ3) is 4.87. The molecule has 2 aromatic heterocycles. The predicted octanol–water partition coefficient (Wildman–Crippen LogP) is 2.84. The first-order valence-corrected chi connectivity index (χ1v) is 10.6. The maximum atomic E-state index is 12.9. The normalized spacial score (nSPS) is 11.8. The van der Waals surface area contributed by atoms with Gasteiger partial charge in [0.1, 0.15) is 29.9 Å². The van der Waals surface area contributed by atoms with Crippen molar-refractivity contribution in [1.29, 1.82) is 0 Å². The fourth-order valence-electron chi connectivity index (χ4n) is 3.50. The monoisotopic (exact) mass is 447 g/mol. The molecule has 0 aliphatic heterocycles. The van der Waals surface area contributed by atoms with Crippen LogP contribution in [-0.2, 0) is 11.3 Å². The molecule has 4 aromatic rings. The van der Waals surface area contributed by atoms with Crippen LogP contribution >= 0.6 is 0 Å². The van der Waals surface area contributed by atoms with E-state index in [1.165, 1.54) is 10.8 Å². The molecule has 0 spiro atoms. The number of rotatable bonds is 8. The minimum absolute atomic E-state index is 0.201. The Morgan fingerprint density at radius 2 is 1.91 bits per heavy atom. The van der Waals surface area contributed by atoms with E-state index in [9.17, 15) is 9.59 Å². The van der Waals surface area contributed by atoms with Gasteiger partial charge in [0.25, 0.3) is 5.56 Å². The summed E-state index contributed by atoms with van der Waals surface area (Å²) in [4.78, 5) is 25.5. The van der Waals surface area contributed by atoms with Crippen LogP contribution in [-0.4, -0.2) is 39.0 Å². The summed E-state index contributed by atoms with van der Waals surface area (Å²) in [6.45, 7) is 4.18. The highest BCUT2D eigenvalue weighted by molar-refractivity contribution is 5.76. The molecule has 0 aliphatic rings. The van der Waals surface area contributed by atoms with Crippen molar-refractivity contribution in [2.75, 3.05) is 13.7 Å². The van der Waals surface area contributed by atoms with Crippen LogP contribution in [0.2, 0.25) is 0 Å². The Labute approximate surface area is 190 Å². The number of carbonyl (C=O) groups is 1. The average molecular weight is 447 g/mol. The van der Waals surface area contributed by atoms with E-state index in [1.807, 2.05) is 62.4 Å². The summed E-state index contributed by atoms with van der Waals surface area (Å²) in [7, 11) is 1.59. The lowest BCUT2D eigenvalue weighted by Gasteiger charge is -2.15. The molecule has 9 nitrogen and oxygen atoms in total. The second kappa shape index (κ2) is 9.56. The number of fused-ring (bicyclic) bond motifs is 1. The Hall–Kier alpha value is -4.14. The Bertz CT molecular complexity index is 1330. The smallest absolute Gasteiger partial charge is 0.293 e. The molecule has 0 bridgehead atoms. The van der Waals surface area contributed by atoms with Gasteiger partial charge in [0.15, 0.2) is 0 Å². The van der Waals surface area contributed by atoms with Crippen LogP contribution in [0.4, 0.5) is 0 Å². The molecule has 0 unspecified atom stereocenters. The molecule has 0 saturated carbocycles. The van der Waals surface area contributed by atoms with Crippen molar-refractivity contribution in [1.82, 2.24) is 24.7 Å². The lowest BCUT2D eigenvalue weighted by molar-refractivity contribution is -0.122. The minimum Gasteiger partial charge on any atom is -0.497 e. The fraction of sp³-hybridized carbons (Fsp3) is 0.250. The molecular formula is C24H25N5O4. The van der Waals surface area contributed by atoms with Gasteiger partial charge in [-0.1, -0.05) is 12.1 Å². The van der Waals surface area contributed by atoms with Gasteiger partial charge in [0, 0.05) is 5.56 Å². The summed E-state index contributed by atoms with van der Waals surface area (Å²) in [5.41, 5.74) is 2.31. The zero-order chi connectivity index (χ0) is 23.4. The molecule has 1 atom stereocenters. The van der Waals surface area contributed by atoms with Gasteiger partial charge in [-0.3, -0.25) is 9.59 Å². The number of carbonyl (C=O) groups excluding carboxylic acids is 1. The van der Waals surface area contributed by atoms with Crippen molar-refractivity contribution >= 4 is 11.4 Å². The molecule has 4 rings (SSSR count). The van der Waals surface area contributed by atoms with Crippen LogP contribution in [0.5, 0.6) is 11.5 Å². The van der Waals surface area contributed by atoms with E-state index in [0.717, 1.165) is 21.6 Å². The molecule has 1 N–H and O–H groups in total. The van der Waals surface area contributed by atoms with Crippen LogP contribution in [0.1, 0.15) is 25.5 Å². The summed E-state index contributed by atoms with van der Waals surface area (Å²) in [5, 5.41) is 11.4. The highest BCUT2D eigenvalue weighted by Gasteiger charge is 2.15. The van der Waals surface area contributed by atoms with Crippen molar-refractivity contribution in [3.63, 3.8) is 0 Å². The van der Waals surface area contributed by atoms with Gasteiger partial charge in [-0.2, -0.15) is 10.2 Å². The lowest BCUT2D eigenvalue weighted by Crippen LogP contribution is -2.35. The first kappa shape index (κ1) is 22.1. The second-order valence-electron chi connectivity index (χ2n) is 7.48. The number of nitrogens with one attached hydrogen (secondary N) is 1. The molecule has 170 valence electrons. The molecule has 2 aromatic carbocycles. The van der Waals surface area contributed by atoms with Crippen molar-refractivity contribution in [2.45, 2.75) is 26.4 Å². The first-order valence-electron chi connectivity index (χ1n) is 10.6. The van der Waals surface area contributed by atoms with Crippen molar-refractivity contribution in [3.05, 3.63) is 76.8 Å². The van der Waals surface area contributed by atoms with Crippen LogP contribution < -0.4 is 20.3 Å². The van der Waals surface area contributed by atoms with E-state index in [1.54, 1.807) is 13.2 Å². The number of amides is 1. The summed E-state index contributed by atoms with van der Waals surface area (Å²) in [5.74, 6) is 1.15. The number of nitrogens with zero attached hydrogens (tertiary/aromatic N) is 4. The molecule has 2 heterocycles. The summed E-state index contributed by atoms with van der Waals surface area (Å²) in [6.07, 6.45) is 1.42. The zero-order valence-corrected chi connectivity index (χ0v) is 18.7. The summed E-state index contributed by atoms with van der Waals surface area (Å²) in [6, 6.07) is 16.4. The number of hydrogen-bond acceptors (Lipinski definition) is 6. The Kier molecular flexibility index (Phi) is 6.39. The molecule has 9 heteroatoms. The molecular weight excluding hydrogens is 422 g/mol. The standard InChI is InChI=1S/C24H25N5O4/c1-4-33-19-10-8-17(9-11-19)21-13-22-24(31)28(25-15-29(22)27-21)14-23(30)26-16(2)18-6-5-7-20(12-18)32-3/h5-13,15-16H,4,14H2,1-3H3,(H,26,30)/t16-/m0/s1. The van der Waals surface area contributed by atoms with E-state index < -0.39 is 5.56 Å². The molecule has 0 saturated heterocycles. The number of hydrogen-bond donors (Lipinski definition) is 1. The quantitative estimate of drug-likeness (QED) is 0.446. The van der Waals surface area contributed by atoms with E-state index in [0.29, 0.717) is 23.6 Å². The van der Waals surface area contributed by atoms with Crippen molar-refractivity contribution in [3.8, 4) is 22.8 Å². The maximum absolute atomic E-state index is 12.9. The average Bonchev–Trinajstić information content (AvgIpc) is 3.27. The van der Waals surface area contributed by atoms with Gasteiger partial charge >= 0.3 is 0 Å². The summed E-state index contributed by atoms with van der Waals surface area (Å²) < 4.78 is 13.2. The van der Waals surface area contributed by atoms with E-state index in [-0.39, 0.29) is 18.5 Å².